The molecule has 3 N–H and O–H groups in total. The molecule has 1 fully saturated rings. The van der Waals surface area contributed by atoms with E-state index in [-0.39, 0.29) is 11.8 Å². The van der Waals surface area contributed by atoms with Crippen LogP contribution in [0.2, 0.25) is 0 Å². The number of hydrogen-bond acceptors (Lipinski definition) is 7. The van der Waals surface area contributed by atoms with Gasteiger partial charge >= 0.3 is 0 Å². The van der Waals surface area contributed by atoms with Crippen molar-refractivity contribution in [1.82, 2.24) is 20.3 Å². The largest absolute Gasteiger partial charge is 0.365 e. The summed E-state index contributed by atoms with van der Waals surface area (Å²) in [6.45, 7) is 1.78. The highest BCUT2D eigenvalue weighted by atomic mass is 32.1. The smallest absolute Gasteiger partial charge is 0.228 e. The van der Waals surface area contributed by atoms with E-state index >= 15 is 0 Å². The number of pyridine rings is 2. The lowest BCUT2D eigenvalue weighted by Crippen LogP contribution is -2.34. The Morgan fingerprint density at radius 3 is 2.69 bits per heavy atom. The van der Waals surface area contributed by atoms with Gasteiger partial charge in [-0.2, -0.15) is 0 Å². The van der Waals surface area contributed by atoms with Gasteiger partial charge in [0.05, 0.1) is 10.6 Å². The number of piperidine rings is 1. The Balaban J connectivity index is 1.58. The fourth-order valence-corrected chi connectivity index (χ4v) is 3.80. The average Bonchev–Trinajstić information content (AvgIpc) is 3.17. The zero-order valence-corrected chi connectivity index (χ0v) is 15.3. The molecular weight excluding hydrogens is 348 g/mol. The molecule has 0 spiro atoms. The molecule has 0 unspecified atom stereocenters. The van der Waals surface area contributed by atoms with E-state index in [1.165, 1.54) is 0 Å². The number of fused-ring (bicyclic) bond motifs is 1. The molecule has 0 bridgehead atoms. The van der Waals surface area contributed by atoms with Crippen LogP contribution in [0.5, 0.6) is 0 Å². The molecule has 1 saturated heterocycles. The van der Waals surface area contributed by atoms with E-state index in [0.717, 1.165) is 52.4 Å². The summed E-state index contributed by atoms with van der Waals surface area (Å²) in [6.07, 6.45) is 7.09. The van der Waals surface area contributed by atoms with Crippen molar-refractivity contribution in [2.45, 2.75) is 12.8 Å². The highest BCUT2D eigenvalue weighted by molar-refractivity contribution is 7.18. The highest BCUT2D eigenvalue weighted by Crippen LogP contribution is 2.29. The van der Waals surface area contributed by atoms with E-state index in [1.807, 2.05) is 25.4 Å². The predicted molar refractivity (Wildman–Crippen MR) is 104 cm³/mol. The minimum Gasteiger partial charge on any atom is -0.365 e. The van der Waals surface area contributed by atoms with E-state index in [1.54, 1.807) is 23.7 Å². The number of aromatic nitrogens is 3. The van der Waals surface area contributed by atoms with Gasteiger partial charge in [0.25, 0.3) is 0 Å². The van der Waals surface area contributed by atoms with Gasteiger partial charge in [-0.1, -0.05) is 11.3 Å². The van der Waals surface area contributed by atoms with Crippen molar-refractivity contribution < 1.29 is 4.79 Å². The van der Waals surface area contributed by atoms with Gasteiger partial charge in [-0.05, 0) is 43.5 Å². The maximum absolute atomic E-state index is 12.4. The Labute approximate surface area is 155 Å². The molecule has 4 heterocycles. The summed E-state index contributed by atoms with van der Waals surface area (Å²) < 4.78 is 0. The number of thiazole rings is 1. The Morgan fingerprint density at radius 1 is 1.12 bits per heavy atom. The molecule has 0 aliphatic carbocycles. The second kappa shape index (κ2) is 7.35. The van der Waals surface area contributed by atoms with Crippen molar-refractivity contribution in [1.29, 1.82) is 0 Å². The van der Waals surface area contributed by atoms with Crippen molar-refractivity contribution in [3.63, 3.8) is 0 Å². The lowest BCUT2D eigenvalue weighted by atomic mass is 9.97. The average molecular weight is 368 g/mol. The molecule has 3 aromatic heterocycles. The lowest BCUT2D eigenvalue weighted by molar-refractivity contribution is -0.120. The molecule has 3 aromatic rings. The maximum atomic E-state index is 12.4. The van der Waals surface area contributed by atoms with Crippen LogP contribution >= 0.6 is 11.3 Å². The van der Waals surface area contributed by atoms with E-state index in [2.05, 4.69) is 30.9 Å². The molecule has 0 atom stereocenters. The fraction of sp³-hybridized carbons (Fsp3) is 0.333. The van der Waals surface area contributed by atoms with Gasteiger partial charge in [-0.15, -0.1) is 0 Å². The zero-order valence-electron chi connectivity index (χ0n) is 14.5. The van der Waals surface area contributed by atoms with Crippen molar-refractivity contribution in [2.24, 2.45) is 5.92 Å². The highest BCUT2D eigenvalue weighted by Gasteiger charge is 2.21. The first-order valence-electron chi connectivity index (χ1n) is 8.64. The summed E-state index contributed by atoms with van der Waals surface area (Å²) in [5, 5.41) is 12.0. The van der Waals surface area contributed by atoms with Crippen molar-refractivity contribution in [3.8, 4) is 10.6 Å². The number of nitrogens with one attached hydrogen (secondary N) is 3. The normalized spacial score (nSPS) is 15.1. The van der Waals surface area contributed by atoms with Crippen LogP contribution in [0, 0.1) is 5.92 Å². The molecule has 26 heavy (non-hydrogen) atoms. The molecule has 4 rings (SSSR count). The summed E-state index contributed by atoms with van der Waals surface area (Å²) in [7, 11) is 1.85. The zero-order chi connectivity index (χ0) is 17.9. The Bertz CT molecular complexity index is 934. The van der Waals surface area contributed by atoms with Gasteiger partial charge in [0, 0.05) is 36.9 Å². The Kier molecular flexibility index (Phi) is 4.77. The molecule has 1 aliphatic heterocycles. The minimum atomic E-state index is 0.0498. The Morgan fingerprint density at radius 2 is 1.92 bits per heavy atom. The predicted octanol–water partition coefficient (Wildman–Crippen LogP) is 2.73. The number of carbonyl (C=O) groups is 1. The molecule has 0 saturated carbocycles. The molecule has 7 nitrogen and oxygen atoms in total. The molecule has 0 aromatic carbocycles. The van der Waals surface area contributed by atoms with Gasteiger partial charge in [0.2, 0.25) is 5.91 Å². The third-order valence-corrected chi connectivity index (χ3v) is 5.57. The van der Waals surface area contributed by atoms with Gasteiger partial charge in [0.15, 0.2) is 5.13 Å². The van der Waals surface area contributed by atoms with Crippen molar-refractivity contribution >= 4 is 39.0 Å². The van der Waals surface area contributed by atoms with E-state index in [9.17, 15) is 4.79 Å². The first-order valence-corrected chi connectivity index (χ1v) is 9.46. The molecule has 0 radical (unpaired) electrons. The van der Waals surface area contributed by atoms with Crippen LogP contribution in [0.25, 0.3) is 21.3 Å². The molecule has 1 amide bonds. The van der Waals surface area contributed by atoms with Crippen LogP contribution in [0.3, 0.4) is 0 Å². The van der Waals surface area contributed by atoms with Crippen molar-refractivity contribution in [2.75, 3.05) is 30.8 Å². The second-order valence-electron chi connectivity index (χ2n) is 6.28. The quantitative estimate of drug-likeness (QED) is 0.656. The number of amides is 1. The van der Waals surface area contributed by atoms with Gasteiger partial charge in [-0.25, -0.2) is 9.97 Å². The first-order chi connectivity index (χ1) is 12.7. The summed E-state index contributed by atoms with van der Waals surface area (Å²) in [6, 6.07) is 3.91. The number of hydrogen-bond donors (Lipinski definition) is 3. The molecule has 1 aliphatic rings. The van der Waals surface area contributed by atoms with Crippen LogP contribution in [0.4, 0.5) is 10.9 Å². The summed E-state index contributed by atoms with van der Waals surface area (Å²) in [4.78, 5) is 26.6. The van der Waals surface area contributed by atoms with E-state index in [4.69, 9.17) is 0 Å². The van der Waals surface area contributed by atoms with Gasteiger partial charge in [-0.3, -0.25) is 9.78 Å². The van der Waals surface area contributed by atoms with Crippen LogP contribution in [-0.2, 0) is 4.79 Å². The number of carbonyl (C=O) groups excluding carboxylic acids is 1. The van der Waals surface area contributed by atoms with E-state index in [0.29, 0.717) is 5.82 Å². The summed E-state index contributed by atoms with van der Waals surface area (Å²) >= 11 is 1.55. The van der Waals surface area contributed by atoms with E-state index < -0.39 is 0 Å². The SMILES string of the molecule is CNc1ncc(-c2cc3cc(NC(=O)C4CCNCC4)ncc3cn2)s1. The topological polar surface area (TPSA) is 91.8 Å². The third-order valence-electron chi connectivity index (χ3n) is 4.54. The minimum absolute atomic E-state index is 0.0498. The summed E-state index contributed by atoms with van der Waals surface area (Å²) in [5.74, 6) is 0.686. The van der Waals surface area contributed by atoms with Crippen LogP contribution in [-0.4, -0.2) is 41.0 Å². The fourth-order valence-electron chi connectivity index (χ4n) is 3.06. The van der Waals surface area contributed by atoms with Crippen molar-refractivity contribution in [3.05, 3.63) is 30.7 Å². The summed E-state index contributed by atoms with van der Waals surface area (Å²) in [5.41, 5.74) is 0.860. The molecule has 134 valence electrons. The lowest BCUT2D eigenvalue weighted by Gasteiger charge is -2.21. The van der Waals surface area contributed by atoms with Gasteiger partial charge in [0.1, 0.15) is 5.82 Å². The maximum Gasteiger partial charge on any atom is 0.228 e. The van der Waals surface area contributed by atoms with Crippen LogP contribution < -0.4 is 16.0 Å². The Hall–Kier alpha value is -2.58. The first kappa shape index (κ1) is 16.9. The van der Waals surface area contributed by atoms with Gasteiger partial charge < -0.3 is 16.0 Å². The van der Waals surface area contributed by atoms with Crippen LogP contribution in [0.15, 0.2) is 30.7 Å². The number of rotatable bonds is 4. The molecular formula is C18H20N6OS. The molecule has 8 heteroatoms. The monoisotopic (exact) mass is 368 g/mol. The standard InChI is InChI=1S/C18H20N6OS/c1-19-18-23-10-15(26-18)14-6-12-7-16(22-9-13(12)8-21-14)24-17(25)11-2-4-20-5-3-11/h6-11,20H,2-5H2,1H3,(H,19,23)(H,22,24,25). The third kappa shape index (κ3) is 3.51. The second-order valence-corrected chi connectivity index (χ2v) is 7.31. The number of nitrogens with zero attached hydrogens (tertiary/aromatic N) is 3. The van der Waals surface area contributed by atoms with Crippen LogP contribution in [0.1, 0.15) is 12.8 Å². The number of anilines is 2.